The van der Waals surface area contributed by atoms with Gasteiger partial charge in [-0.2, -0.15) is 9.57 Å². The van der Waals surface area contributed by atoms with E-state index in [9.17, 15) is 22.0 Å². The number of carboxylic acid groups (broad SMARTS) is 1. The van der Waals surface area contributed by atoms with E-state index >= 15 is 0 Å². The van der Waals surface area contributed by atoms with Crippen molar-refractivity contribution in [1.29, 1.82) is 5.26 Å². The Morgan fingerprint density at radius 3 is 2.41 bits per heavy atom. The van der Waals surface area contributed by atoms with Gasteiger partial charge in [-0.15, -0.1) is 0 Å². The molecule has 118 valence electrons. The quantitative estimate of drug-likeness (QED) is 0.905. The van der Waals surface area contributed by atoms with Gasteiger partial charge in [0, 0.05) is 6.54 Å². The molecule has 0 amide bonds. The van der Waals surface area contributed by atoms with Gasteiger partial charge in [0.05, 0.1) is 11.6 Å². The first-order valence-electron chi connectivity index (χ1n) is 6.43. The standard InChI is InChI=1S/C13H12F2N2O4S/c14-9-5-8(7-16)6-10(15)12(9)22(20,21)17-4-2-1-3-11(17)13(18)19/h5-6,11H,1-4H2,(H,18,19). The lowest BCUT2D eigenvalue weighted by Gasteiger charge is -2.31. The van der Waals surface area contributed by atoms with Crippen molar-refractivity contribution >= 4 is 16.0 Å². The van der Waals surface area contributed by atoms with Crippen LogP contribution >= 0.6 is 0 Å². The summed E-state index contributed by atoms with van der Waals surface area (Å²) in [5, 5.41) is 17.7. The van der Waals surface area contributed by atoms with E-state index in [4.69, 9.17) is 10.4 Å². The van der Waals surface area contributed by atoms with Crippen molar-refractivity contribution in [2.45, 2.75) is 30.2 Å². The van der Waals surface area contributed by atoms with E-state index in [-0.39, 0.29) is 18.5 Å². The molecule has 0 aromatic heterocycles. The highest BCUT2D eigenvalue weighted by atomic mass is 32.2. The summed E-state index contributed by atoms with van der Waals surface area (Å²) in [4.78, 5) is 9.95. The Hall–Kier alpha value is -2.05. The zero-order chi connectivity index (χ0) is 16.5. The number of benzene rings is 1. The monoisotopic (exact) mass is 330 g/mol. The second kappa shape index (κ2) is 5.98. The Balaban J connectivity index is 2.55. The Morgan fingerprint density at radius 2 is 1.91 bits per heavy atom. The van der Waals surface area contributed by atoms with Gasteiger partial charge in [-0.25, -0.2) is 17.2 Å². The summed E-state index contributed by atoms with van der Waals surface area (Å²) >= 11 is 0. The highest BCUT2D eigenvalue weighted by molar-refractivity contribution is 7.89. The highest BCUT2D eigenvalue weighted by Gasteiger charge is 2.40. The van der Waals surface area contributed by atoms with Crippen molar-refractivity contribution in [3.8, 4) is 6.07 Å². The summed E-state index contributed by atoms with van der Waals surface area (Å²) in [6.07, 6.45) is 0.998. The number of nitrogens with zero attached hydrogens (tertiary/aromatic N) is 2. The summed E-state index contributed by atoms with van der Waals surface area (Å²) < 4.78 is 53.4. The predicted octanol–water partition coefficient (Wildman–Crippen LogP) is 1.46. The molecule has 6 nitrogen and oxygen atoms in total. The first-order valence-corrected chi connectivity index (χ1v) is 7.87. The van der Waals surface area contributed by atoms with Gasteiger partial charge in [0.15, 0.2) is 4.90 Å². The Labute approximate surface area is 125 Å². The van der Waals surface area contributed by atoms with E-state index in [2.05, 4.69) is 0 Å². The van der Waals surface area contributed by atoms with Gasteiger partial charge < -0.3 is 5.11 Å². The van der Waals surface area contributed by atoms with Crippen LogP contribution in [0.4, 0.5) is 8.78 Å². The number of piperidine rings is 1. The smallest absolute Gasteiger partial charge is 0.322 e. The maximum atomic E-state index is 13.9. The number of carboxylic acids is 1. The van der Waals surface area contributed by atoms with Gasteiger partial charge in [0.25, 0.3) is 0 Å². The van der Waals surface area contributed by atoms with Crippen LogP contribution in [0, 0.1) is 23.0 Å². The first kappa shape index (κ1) is 16.3. The van der Waals surface area contributed by atoms with E-state index in [1.165, 1.54) is 6.07 Å². The largest absolute Gasteiger partial charge is 0.480 e. The molecular weight excluding hydrogens is 318 g/mol. The third-order valence-corrected chi connectivity index (χ3v) is 5.39. The van der Waals surface area contributed by atoms with Gasteiger partial charge in [-0.05, 0) is 31.4 Å². The molecule has 0 radical (unpaired) electrons. The van der Waals surface area contributed by atoms with Crippen LogP contribution in [0.5, 0.6) is 0 Å². The third-order valence-electron chi connectivity index (χ3n) is 3.43. The van der Waals surface area contributed by atoms with Gasteiger partial charge in [-0.1, -0.05) is 0 Å². The van der Waals surface area contributed by atoms with Gasteiger partial charge in [-0.3, -0.25) is 4.79 Å². The Bertz CT molecular complexity index is 735. The summed E-state index contributed by atoms with van der Waals surface area (Å²) in [7, 11) is -4.65. The van der Waals surface area contributed by atoms with E-state index < -0.39 is 38.6 Å². The van der Waals surface area contributed by atoms with Crippen molar-refractivity contribution in [2.75, 3.05) is 6.54 Å². The summed E-state index contributed by atoms with van der Waals surface area (Å²) in [5.41, 5.74) is -0.359. The van der Waals surface area contributed by atoms with Gasteiger partial charge in [0.2, 0.25) is 10.0 Å². The van der Waals surface area contributed by atoms with Crippen LogP contribution in [0.25, 0.3) is 0 Å². The molecule has 1 saturated heterocycles. The average Bonchev–Trinajstić information content (AvgIpc) is 2.46. The van der Waals surface area contributed by atoms with Crippen molar-refractivity contribution in [2.24, 2.45) is 0 Å². The van der Waals surface area contributed by atoms with Crippen LogP contribution in [-0.4, -0.2) is 36.4 Å². The maximum Gasteiger partial charge on any atom is 0.322 e. The molecular formula is C13H12F2N2O4S. The van der Waals surface area contributed by atoms with Crippen molar-refractivity contribution in [3.05, 3.63) is 29.3 Å². The minimum Gasteiger partial charge on any atom is -0.480 e. The fourth-order valence-corrected chi connectivity index (χ4v) is 4.17. The summed E-state index contributed by atoms with van der Waals surface area (Å²) in [6, 6.07) is 1.37. The molecule has 0 aliphatic carbocycles. The number of sulfonamides is 1. The van der Waals surface area contributed by atoms with Crippen LogP contribution < -0.4 is 0 Å². The van der Waals surface area contributed by atoms with E-state index in [1.54, 1.807) is 0 Å². The molecule has 0 bridgehead atoms. The molecule has 1 aromatic rings. The van der Waals surface area contributed by atoms with E-state index in [0.29, 0.717) is 29.3 Å². The third kappa shape index (κ3) is 2.80. The lowest BCUT2D eigenvalue weighted by Crippen LogP contribution is -2.48. The molecule has 1 unspecified atom stereocenters. The fraction of sp³-hybridized carbons (Fsp3) is 0.385. The molecule has 1 heterocycles. The first-order chi connectivity index (χ1) is 10.3. The Morgan fingerprint density at radius 1 is 1.32 bits per heavy atom. The minimum absolute atomic E-state index is 0.0775. The molecule has 1 aromatic carbocycles. The van der Waals surface area contributed by atoms with Crippen LogP contribution in [0.2, 0.25) is 0 Å². The highest BCUT2D eigenvalue weighted by Crippen LogP contribution is 2.29. The number of carbonyl (C=O) groups is 1. The lowest BCUT2D eigenvalue weighted by molar-refractivity contribution is -0.142. The van der Waals surface area contributed by atoms with Crippen LogP contribution in [0.15, 0.2) is 17.0 Å². The van der Waals surface area contributed by atoms with E-state index in [0.717, 1.165) is 0 Å². The fourth-order valence-electron chi connectivity index (χ4n) is 2.43. The average molecular weight is 330 g/mol. The second-order valence-electron chi connectivity index (χ2n) is 4.85. The molecule has 0 spiro atoms. The molecule has 9 heteroatoms. The summed E-state index contributed by atoms with van der Waals surface area (Å²) in [6.45, 7) is -0.127. The Kier molecular flexibility index (Phi) is 4.44. The zero-order valence-electron chi connectivity index (χ0n) is 11.3. The van der Waals surface area contributed by atoms with Crippen LogP contribution in [-0.2, 0) is 14.8 Å². The maximum absolute atomic E-state index is 13.9. The number of halogens is 2. The van der Waals surface area contributed by atoms with Crippen LogP contribution in [0.1, 0.15) is 24.8 Å². The normalized spacial score (nSPS) is 19.6. The lowest BCUT2D eigenvalue weighted by atomic mass is 10.1. The van der Waals surface area contributed by atoms with Crippen molar-refractivity contribution in [1.82, 2.24) is 4.31 Å². The molecule has 1 aliphatic heterocycles. The van der Waals surface area contributed by atoms with E-state index in [1.807, 2.05) is 0 Å². The number of aliphatic carboxylic acids is 1. The molecule has 1 aliphatic rings. The molecule has 0 saturated carbocycles. The zero-order valence-corrected chi connectivity index (χ0v) is 12.1. The van der Waals surface area contributed by atoms with Gasteiger partial charge >= 0.3 is 5.97 Å². The molecule has 1 atom stereocenters. The van der Waals surface area contributed by atoms with Crippen LogP contribution in [0.3, 0.4) is 0 Å². The topological polar surface area (TPSA) is 98.5 Å². The van der Waals surface area contributed by atoms with Gasteiger partial charge in [0.1, 0.15) is 17.7 Å². The molecule has 1 N–H and O–H groups in total. The predicted molar refractivity (Wildman–Crippen MR) is 70.2 cm³/mol. The number of rotatable bonds is 3. The SMILES string of the molecule is N#Cc1cc(F)c(S(=O)(=O)N2CCCCC2C(=O)O)c(F)c1. The molecule has 2 rings (SSSR count). The second-order valence-corrected chi connectivity index (χ2v) is 6.67. The summed E-state index contributed by atoms with van der Waals surface area (Å²) in [5.74, 6) is -4.18. The van der Waals surface area contributed by atoms with Crippen molar-refractivity contribution < 1.29 is 27.1 Å². The number of hydrogen-bond donors (Lipinski definition) is 1. The molecule has 22 heavy (non-hydrogen) atoms. The molecule has 1 fully saturated rings. The number of nitriles is 1. The van der Waals surface area contributed by atoms with Crippen molar-refractivity contribution in [3.63, 3.8) is 0 Å². The number of hydrogen-bond acceptors (Lipinski definition) is 4. The minimum atomic E-state index is -4.65.